The van der Waals surface area contributed by atoms with Crippen molar-refractivity contribution in [3.05, 3.63) is 28.0 Å². The van der Waals surface area contributed by atoms with E-state index in [2.05, 4.69) is 4.98 Å². The number of pyridine rings is 1. The van der Waals surface area contributed by atoms with Gasteiger partial charge in [-0.2, -0.15) is 11.8 Å². The molecule has 0 radical (unpaired) electrons. The lowest BCUT2D eigenvalue weighted by Crippen LogP contribution is -2.47. The van der Waals surface area contributed by atoms with Crippen LogP contribution in [-0.2, 0) is 16.4 Å². The summed E-state index contributed by atoms with van der Waals surface area (Å²) in [5.74, 6) is 1.69. The zero-order valence-corrected chi connectivity index (χ0v) is 14.2. The van der Waals surface area contributed by atoms with E-state index in [4.69, 9.17) is 23.2 Å². The van der Waals surface area contributed by atoms with Crippen LogP contribution in [0.25, 0.3) is 0 Å². The summed E-state index contributed by atoms with van der Waals surface area (Å²) < 4.78 is 24.3. The second-order valence-electron chi connectivity index (χ2n) is 4.55. The molecule has 20 heavy (non-hydrogen) atoms. The molecule has 1 atom stereocenters. The quantitative estimate of drug-likeness (QED) is 0.778. The number of rotatable bonds is 4. The minimum atomic E-state index is -3.10. The van der Waals surface area contributed by atoms with E-state index in [0.717, 1.165) is 17.9 Å². The third-order valence-corrected chi connectivity index (χ3v) is 7.17. The zero-order chi connectivity index (χ0) is 14.8. The largest absolute Gasteiger partial charge is 0.281 e. The molecule has 1 aliphatic heterocycles. The van der Waals surface area contributed by atoms with Crippen LogP contribution in [0.3, 0.4) is 0 Å². The summed E-state index contributed by atoms with van der Waals surface area (Å²) in [6.07, 6.45) is 1.61. The highest BCUT2D eigenvalue weighted by Crippen LogP contribution is 2.26. The minimum absolute atomic E-state index is 0.154. The van der Waals surface area contributed by atoms with Gasteiger partial charge in [-0.05, 0) is 6.07 Å². The molecule has 1 aromatic rings. The monoisotopic (exact) mass is 354 g/mol. The number of thioether (sulfide) groups is 1. The Labute approximate surface area is 133 Å². The van der Waals surface area contributed by atoms with Gasteiger partial charge in [0.25, 0.3) is 0 Å². The summed E-state index contributed by atoms with van der Waals surface area (Å²) in [6, 6.07) is 1.58. The molecule has 0 N–H and O–H groups in total. The van der Waals surface area contributed by atoms with Crippen molar-refractivity contribution in [1.29, 1.82) is 0 Å². The van der Waals surface area contributed by atoms with Gasteiger partial charge in [0.1, 0.15) is 10.5 Å². The average molecular weight is 355 g/mol. The van der Waals surface area contributed by atoms with Crippen molar-refractivity contribution in [2.45, 2.75) is 18.8 Å². The van der Waals surface area contributed by atoms with E-state index in [1.807, 2.05) is 4.90 Å². The first-order valence-corrected chi connectivity index (χ1v) is 9.90. The molecule has 0 saturated carbocycles. The molecule has 2 rings (SSSR count). The lowest BCUT2D eigenvalue weighted by atomic mass is 10.2. The van der Waals surface area contributed by atoms with Crippen molar-refractivity contribution >= 4 is 44.8 Å². The van der Waals surface area contributed by atoms with Crippen LogP contribution in [0.15, 0.2) is 12.3 Å². The Bertz CT molecular complexity index is 581. The summed E-state index contributed by atoms with van der Waals surface area (Å²) in [4.78, 5) is 5.98. The Balaban J connectivity index is 2.21. The first-order valence-electron chi connectivity index (χ1n) is 6.27. The lowest BCUT2D eigenvalue weighted by molar-refractivity contribution is 0.261. The molecule has 2 heterocycles. The van der Waals surface area contributed by atoms with E-state index < -0.39 is 15.2 Å². The molecule has 0 aromatic carbocycles. The summed E-state index contributed by atoms with van der Waals surface area (Å²) in [5, 5.41) is 0.416. The normalized spacial score (nSPS) is 21.1. The van der Waals surface area contributed by atoms with Crippen molar-refractivity contribution in [1.82, 2.24) is 9.88 Å². The van der Waals surface area contributed by atoms with E-state index in [-0.39, 0.29) is 5.75 Å². The Morgan fingerprint density at radius 3 is 2.90 bits per heavy atom. The molecule has 8 heteroatoms. The second kappa shape index (κ2) is 6.83. The third-order valence-electron chi connectivity index (χ3n) is 3.28. The van der Waals surface area contributed by atoms with Crippen LogP contribution < -0.4 is 0 Å². The smallest absolute Gasteiger partial charge is 0.166 e. The molecule has 112 valence electrons. The molecule has 1 aliphatic rings. The minimum Gasteiger partial charge on any atom is -0.281 e. The molecule has 0 bridgehead atoms. The highest BCUT2D eigenvalue weighted by Gasteiger charge is 2.33. The molecular formula is C12H16Cl2N2O2S2. The summed E-state index contributed by atoms with van der Waals surface area (Å²) >= 11 is 13.6. The van der Waals surface area contributed by atoms with Crippen LogP contribution in [0, 0.1) is 0 Å². The van der Waals surface area contributed by atoms with Crippen LogP contribution in [0.1, 0.15) is 12.5 Å². The van der Waals surface area contributed by atoms with Crippen molar-refractivity contribution in [2.75, 3.05) is 23.8 Å². The van der Waals surface area contributed by atoms with Crippen LogP contribution >= 0.6 is 35.0 Å². The van der Waals surface area contributed by atoms with Gasteiger partial charge >= 0.3 is 0 Å². The third kappa shape index (κ3) is 3.80. The molecule has 1 aromatic heterocycles. The Morgan fingerprint density at radius 1 is 1.50 bits per heavy atom. The highest BCUT2D eigenvalue weighted by molar-refractivity contribution is 8.01. The fraction of sp³-hybridized carbons (Fsp3) is 0.583. The van der Waals surface area contributed by atoms with E-state index >= 15 is 0 Å². The topological polar surface area (TPSA) is 50.3 Å². The van der Waals surface area contributed by atoms with Crippen LogP contribution in [-0.4, -0.2) is 47.5 Å². The molecule has 1 fully saturated rings. The molecule has 0 amide bonds. The Kier molecular flexibility index (Phi) is 5.59. The Morgan fingerprint density at radius 2 is 2.25 bits per heavy atom. The molecule has 0 aliphatic carbocycles. The van der Waals surface area contributed by atoms with Crippen molar-refractivity contribution in [2.24, 2.45) is 0 Å². The van der Waals surface area contributed by atoms with Gasteiger partial charge in [-0.3, -0.25) is 4.90 Å². The van der Waals surface area contributed by atoms with Crippen molar-refractivity contribution < 1.29 is 8.42 Å². The second-order valence-corrected chi connectivity index (χ2v) is 8.94. The van der Waals surface area contributed by atoms with Crippen LogP contribution in [0.5, 0.6) is 0 Å². The SMILES string of the molecule is CCS(=O)(=O)C1CSCCN1Cc1cnc(Cl)cc1Cl. The number of aromatic nitrogens is 1. The fourth-order valence-electron chi connectivity index (χ4n) is 2.09. The number of nitrogens with zero attached hydrogens (tertiary/aromatic N) is 2. The van der Waals surface area contributed by atoms with Gasteiger partial charge < -0.3 is 0 Å². The van der Waals surface area contributed by atoms with Crippen LogP contribution in [0.2, 0.25) is 10.2 Å². The van der Waals surface area contributed by atoms with Gasteiger partial charge in [-0.15, -0.1) is 0 Å². The standard InChI is InChI=1S/C12H16Cl2N2O2S2/c1-2-20(17,18)12-8-19-4-3-16(12)7-9-6-15-11(14)5-10(9)13/h5-6,12H,2-4,7-8H2,1H3. The van der Waals surface area contributed by atoms with Crippen LogP contribution in [0.4, 0.5) is 0 Å². The molecule has 1 saturated heterocycles. The maximum atomic E-state index is 12.2. The zero-order valence-electron chi connectivity index (χ0n) is 11.1. The number of hydrogen-bond donors (Lipinski definition) is 0. The van der Waals surface area contributed by atoms with Gasteiger partial charge in [-0.25, -0.2) is 13.4 Å². The summed E-state index contributed by atoms with van der Waals surface area (Å²) in [6.45, 7) is 2.89. The Hall–Kier alpha value is -0.0100. The van der Waals surface area contributed by atoms with Gasteiger partial charge in [0.2, 0.25) is 0 Å². The first kappa shape index (κ1) is 16.4. The number of halogens is 2. The van der Waals surface area contributed by atoms with Gasteiger partial charge in [-0.1, -0.05) is 30.1 Å². The van der Waals surface area contributed by atoms with Gasteiger partial charge in [0.15, 0.2) is 9.84 Å². The average Bonchev–Trinajstić information content (AvgIpc) is 2.42. The summed E-state index contributed by atoms with van der Waals surface area (Å²) in [5.41, 5.74) is 0.805. The van der Waals surface area contributed by atoms with E-state index in [1.165, 1.54) is 0 Å². The lowest BCUT2D eigenvalue weighted by Gasteiger charge is -2.34. The van der Waals surface area contributed by atoms with E-state index in [9.17, 15) is 8.42 Å². The van der Waals surface area contributed by atoms with Crippen molar-refractivity contribution in [3.8, 4) is 0 Å². The predicted octanol–water partition coefficient (Wildman–Crippen LogP) is 2.70. The maximum Gasteiger partial charge on any atom is 0.166 e. The summed E-state index contributed by atoms with van der Waals surface area (Å²) in [7, 11) is -3.10. The van der Waals surface area contributed by atoms with E-state index in [0.29, 0.717) is 22.5 Å². The number of hydrogen-bond acceptors (Lipinski definition) is 5. The highest BCUT2D eigenvalue weighted by atomic mass is 35.5. The maximum absolute atomic E-state index is 12.2. The van der Waals surface area contributed by atoms with Gasteiger partial charge in [0, 0.05) is 47.1 Å². The number of sulfone groups is 1. The van der Waals surface area contributed by atoms with Gasteiger partial charge in [0.05, 0.1) is 0 Å². The molecule has 1 unspecified atom stereocenters. The predicted molar refractivity (Wildman–Crippen MR) is 85.2 cm³/mol. The fourth-order valence-corrected chi connectivity index (χ4v) is 5.60. The first-order chi connectivity index (χ1) is 9.44. The molecule has 4 nitrogen and oxygen atoms in total. The van der Waals surface area contributed by atoms with Crippen molar-refractivity contribution in [3.63, 3.8) is 0 Å². The molecule has 0 spiro atoms. The molecular weight excluding hydrogens is 339 g/mol. The van der Waals surface area contributed by atoms with E-state index in [1.54, 1.807) is 30.9 Å².